The number of oxazole rings is 1. The summed E-state index contributed by atoms with van der Waals surface area (Å²) in [5.41, 5.74) is 5.47. The van der Waals surface area contributed by atoms with Crippen LogP contribution in [-0.4, -0.2) is 29.5 Å². The average Bonchev–Trinajstić information content (AvgIpc) is 2.86. The molecule has 2 N–H and O–H groups in total. The van der Waals surface area contributed by atoms with Crippen LogP contribution in [0.15, 0.2) is 10.6 Å². The number of hydrogen-bond acceptors (Lipinski definition) is 4. The molecule has 0 amide bonds. The van der Waals surface area contributed by atoms with Gasteiger partial charge in [0.2, 0.25) is 0 Å². The van der Waals surface area contributed by atoms with Gasteiger partial charge in [-0.3, -0.25) is 0 Å². The van der Waals surface area contributed by atoms with Crippen LogP contribution in [0.1, 0.15) is 30.9 Å². The van der Waals surface area contributed by atoms with Crippen LogP contribution in [0.4, 0.5) is 0 Å². The monoisotopic (exact) mass is 195 g/mol. The van der Waals surface area contributed by atoms with Crippen LogP contribution in [0, 0.1) is 0 Å². The van der Waals surface area contributed by atoms with Crippen LogP contribution in [0.3, 0.4) is 0 Å². The number of likely N-dealkylation sites (tertiary alicyclic amines) is 1. The van der Waals surface area contributed by atoms with Gasteiger partial charge in [0.05, 0.1) is 12.7 Å². The summed E-state index contributed by atoms with van der Waals surface area (Å²) >= 11 is 0. The SMILES string of the molecule is CCN1CCC(c2ncc(CN)o2)C1. The third kappa shape index (κ3) is 1.81. The Morgan fingerprint density at radius 2 is 2.57 bits per heavy atom. The zero-order valence-electron chi connectivity index (χ0n) is 8.57. The molecule has 1 aliphatic heterocycles. The molecular formula is C10H17N3O. The van der Waals surface area contributed by atoms with Crippen molar-refractivity contribution in [3.8, 4) is 0 Å². The number of hydrogen-bond donors (Lipinski definition) is 1. The Labute approximate surface area is 84.1 Å². The van der Waals surface area contributed by atoms with Crippen molar-refractivity contribution in [2.75, 3.05) is 19.6 Å². The van der Waals surface area contributed by atoms with E-state index in [2.05, 4.69) is 16.8 Å². The van der Waals surface area contributed by atoms with Crippen LogP contribution in [-0.2, 0) is 6.54 Å². The van der Waals surface area contributed by atoms with Crippen LogP contribution in [0.2, 0.25) is 0 Å². The maximum absolute atomic E-state index is 5.55. The first kappa shape index (κ1) is 9.68. The van der Waals surface area contributed by atoms with E-state index in [0.717, 1.165) is 37.7 Å². The lowest BCUT2D eigenvalue weighted by Gasteiger charge is -2.10. The van der Waals surface area contributed by atoms with Crippen molar-refractivity contribution in [1.82, 2.24) is 9.88 Å². The fourth-order valence-electron chi connectivity index (χ4n) is 1.93. The summed E-state index contributed by atoms with van der Waals surface area (Å²) < 4.78 is 5.55. The summed E-state index contributed by atoms with van der Waals surface area (Å²) in [4.78, 5) is 6.68. The van der Waals surface area contributed by atoms with Gasteiger partial charge < -0.3 is 15.1 Å². The molecule has 2 rings (SSSR count). The molecule has 0 spiro atoms. The molecule has 0 bridgehead atoms. The molecule has 1 aromatic heterocycles. The highest BCUT2D eigenvalue weighted by molar-refractivity contribution is 5.01. The molecule has 1 saturated heterocycles. The molecule has 4 nitrogen and oxygen atoms in total. The molecule has 1 atom stereocenters. The number of rotatable bonds is 3. The molecule has 1 fully saturated rings. The van der Waals surface area contributed by atoms with Crippen molar-refractivity contribution in [2.24, 2.45) is 5.73 Å². The van der Waals surface area contributed by atoms with Gasteiger partial charge in [-0.1, -0.05) is 6.92 Å². The highest BCUT2D eigenvalue weighted by atomic mass is 16.4. The predicted molar refractivity (Wildman–Crippen MR) is 53.9 cm³/mol. The van der Waals surface area contributed by atoms with Crippen molar-refractivity contribution >= 4 is 0 Å². The van der Waals surface area contributed by atoms with Crippen molar-refractivity contribution < 1.29 is 4.42 Å². The third-order valence-corrected chi connectivity index (χ3v) is 2.84. The maximum Gasteiger partial charge on any atom is 0.198 e. The van der Waals surface area contributed by atoms with E-state index < -0.39 is 0 Å². The molecule has 0 aliphatic carbocycles. The first-order valence-corrected chi connectivity index (χ1v) is 5.20. The molecule has 1 aliphatic rings. The normalized spacial score (nSPS) is 23.1. The Morgan fingerprint density at radius 3 is 3.14 bits per heavy atom. The van der Waals surface area contributed by atoms with Crippen LogP contribution in [0.25, 0.3) is 0 Å². The molecule has 78 valence electrons. The fourth-order valence-corrected chi connectivity index (χ4v) is 1.93. The highest BCUT2D eigenvalue weighted by Crippen LogP contribution is 2.26. The molecule has 0 saturated carbocycles. The van der Waals surface area contributed by atoms with Crippen molar-refractivity contribution in [2.45, 2.75) is 25.8 Å². The Morgan fingerprint density at radius 1 is 1.71 bits per heavy atom. The Kier molecular flexibility index (Phi) is 2.84. The van der Waals surface area contributed by atoms with Crippen LogP contribution >= 0.6 is 0 Å². The van der Waals surface area contributed by atoms with Gasteiger partial charge in [0.25, 0.3) is 0 Å². The molecule has 1 aromatic rings. The van der Waals surface area contributed by atoms with E-state index in [4.69, 9.17) is 10.2 Å². The summed E-state index contributed by atoms with van der Waals surface area (Å²) in [6, 6.07) is 0. The molecule has 0 aromatic carbocycles. The van der Waals surface area contributed by atoms with E-state index in [-0.39, 0.29) is 0 Å². The third-order valence-electron chi connectivity index (χ3n) is 2.84. The lowest BCUT2D eigenvalue weighted by Crippen LogP contribution is -2.19. The number of aromatic nitrogens is 1. The van der Waals surface area contributed by atoms with Gasteiger partial charge in [0, 0.05) is 12.5 Å². The van der Waals surface area contributed by atoms with E-state index >= 15 is 0 Å². The van der Waals surface area contributed by atoms with E-state index in [1.54, 1.807) is 6.20 Å². The lowest BCUT2D eigenvalue weighted by atomic mass is 10.1. The molecule has 1 unspecified atom stereocenters. The van der Waals surface area contributed by atoms with Gasteiger partial charge in [0.15, 0.2) is 5.89 Å². The van der Waals surface area contributed by atoms with Gasteiger partial charge in [-0.25, -0.2) is 4.98 Å². The minimum atomic E-state index is 0.442. The van der Waals surface area contributed by atoms with Gasteiger partial charge in [-0.05, 0) is 19.5 Å². The number of likely N-dealkylation sites (N-methyl/N-ethyl adjacent to an activating group) is 1. The zero-order chi connectivity index (χ0) is 9.97. The first-order chi connectivity index (χ1) is 6.83. The predicted octanol–water partition coefficient (Wildman–Crippen LogP) is 0.943. The first-order valence-electron chi connectivity index (χ1n) is 5.20. The minimum absolute atomic E-state index is 0.442. The molecular weight excluding hydrogens is 178 g/mol. The fraction of sp³-hybridized carbons (Fsp3) is 0.700. The van der Waals surface area contributed by atoms with Crippen LogP contribution in [0.5, 0.6) is 0 Å². The number of nitrogens with zero attached hydrogens (tertiary/aromatic N) is 2. The second kappa shape index (κ2) is 4.11. The summed E-state index contributed by atoms with van der Waals surface area (Å²) in [6.45, 7) is 5.96. The zero-order valence-corrected chi connectivity index (χ0v) is 8.57. The van der Waals surface area contributed by atoms with Gasteiger partial charge in [-0.2, -0.15) is 0 Å². The van der Waals surface area contributed by atoms with Crippen molar-refractivity contribution in [1.29, 1.82) is 0 Å². The van der Waals surface area contributed by atoms with Gasteiger partial charge in [-0.15, -0.1) is 0 Å². The van der Waals surface area contributed by atoms with Crippen molar-refractivity contribution in [3.05, 3.63) is 17.8 Å². The molecule has 4 heteroatoms. The lowest BCUT2D eigenvalue weighted by molar-refractivity contribution is 0.342. The molecule has 0 radical (unpaired) electrons. The maximum atomic E-state index is 5.55. The van der Waals surface area contributed by atoms with E-state index in [1.807, 2.05) is 0 Å². The standard InChI is InChI=1S/C10H17N3O/c1-2-13-4-3-8(7-13)10-12-6-9(5-11)14-10/h6,8H,2-5,7,11H2,1H3. The quantitative estimate of drug-likeness (QED) is 0.780. The van der Waals surface area contributed by atoms with Crippen LogP contribution < -0.4 is 5.73 Å². The summed E-state index contributed by atoms with van der Waals surface area (Å²) in [6.07, 6.45) is 2.89. The van der Waals surface area contributed by atoms with Crippen molar-refractivity contribution in [3.63, 3.8) is 0 Å². The molecule has 14 heavy (non-hydrogen) atoms. The van der Waals surface area contributed by atoms with E-state index in [0.29, 0.717) is 12.5 Å². The second-order valence-electron chi connectivity index (χ2n) is 3.75. The van der Waals surface area contributed by atoms with E-state index in [1.165, 1.54) is 0 Å². The Balaban J connectivity index is 2.02. The van der Waals surface area contributed by atoms with E-state index in [9.17, 15) is 0 Å². The summed E-state index contributed by atoms with van der Waals surface area (Å²) in [5, 5.41) is 0. The van der Waals surface area contributed by atoms with Gasteiger partial charge in [0.1, 0.15) is 5.76 Å². The molecule has 2 heterocycles. The number of nitrogens with two attached hydrogens (primary N) is 1. The summed E-state index contributed by atoms with van der Waals surface area (Å²) in [5.74, 6) is 2.12. The Bertz CT molecular complexity index is 297. The summed E-state index contributed by atoms with van der Waals surface area (Å²) in [7, 11) is 0. The average molecular weight is 195 g/mol. The smallest absolute Gasteiger partial charge is 0.198 e. The minimum Gasteiger partial charge on any atom is -0.444 e. The second-order valence-corrected chi connectivity index (χ2v) is 3.75. The highest BCUT2D eigenvalue weighted by Gasteiger charge is 2.26. The Hall–Kier alpha value is -0.870. The van der Waals surface area contributed by atoms with Gasteiger partial charge >= 0.3 is 0 Å². The largest absolute Gasteiger partial charge is 0.444 e. The topological polar surface area (TPSA) is 55.3 Å².